The quantitative estimate of drug-likeness (QED) is 0.734. The molecule has 2 aromatic rings. The zero-order valence-corrected chi connectivity index (χ0v) is 13.9. The second kappa shape index (κ2) is 8.27. The Morgan fingerprint density at radius 2 is 2.18 bits per heavy atom. The molecule has 0 aliphatic carbocycles. The van der Waals surface area contributed by atoms with Gasteiger partial charge in [0.1, 0.15) is 12.2 Å². The number of aliphatic hydroxyl groups excluding tert-OH is 1. The van der Waals surface area contributed by atoms with E-state index >= 15 is 0 Å². The van der Waals surface area contributed by atoms with Crippen molar-refractivity contribution in [3.63, 3.8) is 0 Å². The van der Waals surface area contributed by atoms with Crippen molar-refractivity contribution in [3.8, 4) is 0 Å². The molecule has 1 amide bonds. The summed E-state index contributed by atoms with van der Waals surface area (Å²) in [4.78, 5) is 12.8. The van der Waals surface area contributed by atoms with Gasteiger partial charge in [0.15, 0.2) is 0 Å². The van der Waals surface area contributed by atoms with Gasteiger partial charge in [-0.15, -0.1) is 11.3 Å². The van der Waals surface area contributed by atoms with E-state index in [0.29, 0.717) is 6.61 Å². The molecule has 22 heavy (non-hydrogen) atoms. The lowest BCUT2D eigenvalue weighted by molar-refractivity contribution is -0.132. The highest BCUT2D eigenvalue weighted by molar-refractivity contribution is 7.19. The van der Waals surface area contributed by atoms with Crippen LogP contribution in [0.25, 0.3) is 10.1 Å². The topological polar surface area (TPSA) is 58.6 Å². The molecular formula is C17H23NO3S. The van der Waals surface area contributed by atoms with Crippen LogP contribution in [0.1, 0.15) is 37.7 Å². The average Bonchev–Trinajstić information content (AvgIpc) is 2.96. The van der Waals surface area contributed by atoms with Crippen molar-refractivity contribution < 1.29 is 14.6 Å². The van der Waals surface area contributed by atoms with Gasteiger partial charge in [0.05, 0.1) is 0 Å². The molecule has 0 bridgehead atoms. The summed E-state index contributed by atoms with van der Waals surface area (Å²) in [6, 6.07) is 9.97. The predicted molar refractivity (Wildman–Crippen MR) is 90.1 cm³/mol. The van der Waals surface area contributed by atoms with E-state index in [0.717, 1.165) is 27.8 Å². The molecule has 4 nitrogen and oxygen atoms in total. The number of amides is 1. The Morgan fingerprint density at radius 1 is 1.41 bits per heavy atom. The number of ether oxygens (including phenoxy) is 1. The standard InChI is InChI=1S/C17H23NO3S/c1-3-4-9-21-12(2)17(20)18-11-14(19)16-10-13-7-5-6-8-15(13)22-16/h5-8,10,12,14,19H,3-4,9,11H2,1-2H3,(H,18,20). The largest absolute Gasteiger partial charge is 0.386 e. The van der Waals surface area contributed by atoms with E-state index in [1.165, 1.54) is 0 Å². The van der Waals surface area contributed by atoms with E-state index in [1.54, 1.807) is 18.3 Å². The minimum absolute atomic E-state index is 0.184. The number of fused-ring (bicyclic) bond motifs is 1. The van der Waals surface area contributed by atoms with E-state index in [-0.39, 0.29) is 12.5 Å². The van der Waals surface area contributed by atoms with E-state index in [4.69, 9.17) is 4.74 Å². The lowest BCUT2D eigenvalue weighted by atomic mass is 10.2. The number of benzene rings is 1. The van der Waals surface area contributed by atoms with Crippen LogP contribution in [0.5, 0.6) is 0 Å². The summed E-state index contributed by atoms with van der Waals surface area (Å²) in [6.07, 6.45) is 0.812. The number of nitrogens with one attached hydrogen (secondary N) is 1. The second-order valence-electron chi connectivity index (χ2n) is 5.31. The molecule has 2 N–H and O–H groups in total. The monoisotopic (exact) mass is 321 g/mol. The van der Waals surface area contributed by atoms with Gasteiger partial charge in [0, 0.05) is 22.7 Å². The maximum Gasteiger partial charge on any atom is 0.248 e. The van der Waals surface area contributed by atoms with Crippen LogP contribution in [0.2, 0.25) is 0 Å². The zero-order valence-electron chi connectivity index (χ0n) is 13.0. The Hall–Kier alpha value is -1.43. The molecule has 2 atom stereocenters. The van der Waals surface area contributed by atoms with Crippen LogP contribution >= 0.6 is 11.3 Å². The first-order valence-corrected chi connectivity index (χ1v) is 8.49. The molecule has 0 spiro atoms. The maximum absolute atomic E-state index is 11.9. The lowest BCUT2D eigenvalue weighted by Crippen LogP contribution is -2.37. The fourth-order valence-corrected chi connectivity index (χ4v) is 3.14. The molecule has 2 unspecified atom stereocenters. The number of aliphatic hydroxyl groups is 1. The number of unbranched alkanes of at least 4 members (excludes halogenated alkanes) is 1. The van der Waals surface area contributed by atoms with E-state index in [1.807, 2.05) is 30.3 Å². The third-order valence-electron chi connectivity index (χ3n) is 3.48. The SMILES string of the molecule is CCCCOC(C)C(=O)NCC(O)c1cc2ccccc2s1. The van der Waals surface area contributed by atoms with Crippen molar-refractivity contribution in [2.24, 2.45) is 0 Å². The molecule has 5 heteroatoms. The van der Waals surface area contributed by atoms with Crippen LogP contribution in [0.3, 0.4) is 0 Å². The van der Waals surface area contributed by atoms with Gasteiger partial charge in [-0.2, -0.15) is 0 Å². The predicted octanol–water partition coefficient (Wildman–Crippen LogP) is 3.26. The van der Waals surface area contributed by atoms with Crippen molar-refractivity contribution in [2.75, 3.05) is 13.2 Å². The Balaban J connectivity index is 1.84. The summed E-state index contributed by atoms with van der Waals surface area (Å²) in [5.41, 5.74) is 0. The minimum atomic E-state index is -0.691. The van der Waals surface area contributed by atoms with Gasteiger partial charge in [-0.3, -0.25) is 4.79 Å². The minimum Gasteiger partial charge on any atom is -0.386 e. The molecule has 0 saturated carbocycles. The van der Waals surface area contributed by atoms with E-state index in [9.17, 15) is 9.90 Å². The van der Waals surface area contributed by atoms with Crippen LogP contribution in [0.15, 0.2) is 30.3 Å². The van der Waals surface area contributed by atoms with Crippen LogP contribution in [-0.4, -0.2) is 30.3 Å². The fraction of sp³-hybridized carbons (Fsp3) is 0.471. The van der Waals surface area contributed by atoms with Gasteiger partial charge in [0.25, 0.3) is 0 Å². The van der Waals surface area contributed by atoms with Crippen LogP contribution in [0.4, 0.5) is 0 Å². The highest BCUT2D eigenvalue weighted by Gasteiger charge is 2.16. The summed E-state index contributed by atoms with van der Waals surface area (Å²) in [5, 5.41) is 14.1. The molecule has 0 saturated heterocycles. The van der Waals surface area contributed by atoms with Gasteiger partial charge in [0.2, 0.25) is 5.91 Å². The molecule has 0 aliphatic heterocycles. The summed E-state index contributed by atoms with van der Waals surface area (Å²) in [6.45, 7) is 4.60. The molecule has 0 aliphatic rings. The first-order chi connectivity index (χ1) is 10.6. The van der Waals surface area contributed by atoms with Crippen molar-refractivity contribution >= 4 is 27.3 Å². The van der Waals surface area contributed by atoms with E-state index < -0.39 is 12.2 Å². The van der Waals surface area contributed by atoms with Gasteiger partial charge in [-0.25, -0.2) is 0 Å². The number of rotatable bonds is 8. The molecule has 0 fully saturated rings. The third kappa shape index (κ3) is 4.53. The first-order valence-electron chi connectivity index (χ1n) is 7.67. The van der Waals surface area contributed by atoms with Crippen LogP contribution in [0, 0.1) is 0 Å². The fourth-order valence-electron chi connectivity index (χ4n) is 2.09. The van der Waals surface area contributed by atoms with Crippen molar-refractivity contribution in [1.82, 2.24) is 5.32 Å². The van der Waals surface area contributed by atoms with Gasteiger partial charge >= 0.3 is 0 Å². The summed E-state index contributed by atoms with van der Waals surface area (Å²) in [5.74, 6) is -0.184. The number of carbonyl (C=O) groups excluding carboxylic acids is 1. The number of carbonyl (C=O) groups is 1. The number of hydrogen-bond donors (Lipinski definition) is 2. The summed E-state index contributed by atoms with van der Waals surface area (Å²) < 4.78 is 6.58. The number of hydrogen-bond acceptors (Lipinski definition) is 4. The average molecular weight is 321 g/mol. The lowest BCUT2D eigenvalue weighted by Gasteiger charge is -2.15. The second-order valence-corrected chi connectivity index (χ2v) is 6.43. The van der Waals surface area contributed by atoms with Crippen molar-refractivity contribution in [2.45, 2.75) is 38.9 Å². The first kappa shape index (κ1) is 16.9. The molecule has 1 heterocycles. The summed E-state index contributed by atoms with van der Waals surface area (Å²) >= 11 is 1.55. The third-order valence-corrected chi connectivity index (χ3v) is 4.69. The molecule has 1 aromatic heterocycles. The Labute approximate surface area is 135 Å². The van der Waals surface area contributed by atoms with Crippen molar-refractivity contribution in [1.29, 1.82) is 0 Å². The zero-order chi connectivity index (χ0) is 15.9. The van der Waals surface area contributed by atoms with Gasteiger partial charge < -0.3 is 15.2 Å². The summed E-state index contributed by atoms with van der Waals surface area (Å²) in [7, 11) is 0. The molecule has 2 rings (SSSR count). The van der Waals surface area contributed by atoms with Crippen LogP contribution in [-0.2, 0) is 9.53 Å². The molecule has 1 aromatic carbocycles. The molecule has 120 valence electrons. The maximum atomic E-state index is 11.9. The highest BCUT2D eigenvalue weighted by atomic mass is 32.1. The Kier molecular flexibility index (Phi) is 6.36. The Morgan fingerprint density at radius 3 is 2.91 bits per heavy atom. The van der Waals surface area contributed by atoms with Crippen molar-refractivity contribution in [3.05, 3.63) is 35.2 Å². The Bertz CT molecular complexity index is 578. The van der Waals surface area contributed by atoms with Gasteiger partial charge in [-0.1, -0.05) is 31.5 Å². The smallest absolute Gasteiger partial charge is 0.248 e. The number of thiophene rings is 1. The van der Waals surface area contributed by atoms with E-state index in [2.05, 4.69) is 12.2 Å². The molecular weight excluding hydrogens is 298 g/mol. The molecule has 0 radical (unpaired) electrons. The van der Waals surface area contributed by atoms with Gasteiger partial charge in [-0.05, 0) is 30.9 Å². The normalized spacial score (nSPS) is 14.0. The highest BCUT2D eigenvalue weighted by Crippen LogP contribution is 2.29. The van der Waals surface area contributed by atoms with Crippen LogP contribution < -0.4 is 5.32 Å².